The van der Waals surface area contributed by atoms with Crippen molar-refractivity contribution in [1.29, 1.82) is 0 Å². The molecule has 7 nitrogen and oxygen atoms in total. The lowest BCUT2D eigenvalue weighted by atomic mass is 10.1. The number of hydrogen-bond acceptors (Lipinski definition) is 4. The minimum absolute atomic E-state index is 0.136. The summed E-state index contributed by atoms with van der Waals surface area (Å²) < 4.78 is 20.1. The fraction of sp³-hybridized carbons (Fsp3) is 0.190. The Balaban J connectivity index is 1.68. The minimum atomic E-state index is -0.545. The number of hydrogen-bond donors (Lipinski definition) is 1. The van der Waals surface area contributed by atoms with E-state index in [1.54, 1.807) is 17.7 Å². The first kappa shape index (κ1) is 18.7. The number of fused-ring (bicyclic) bond motifs is 1. The summed E-state index contributed by atoms with van der Waals surface area (Å²) in [6.07, 6.45) is 0. The Morgan fingerprint density at radius 2 is 1.97 bits per heavy atom. The van der Waals surface area contributed by atoms with Crippen molar-refractivity contribution < 1.29 is 18.7 Å². The molecule has 29 heavy (non-hydrogen) atoms. The second-order valence-electron chi connectivity index (χ2n) is 6.53. The van der Waals surface area contributed by atoms with Crippen LogP contribution in [0.5, 0.6) is 0 Å². The lowest BCUT2D eigenvalue weighted by molar-refractivity contribution is 0.0518. The van der Waals surface area contributed by atoms with Crippen molar-refractivity contribution in [3.63, 3.8) is 0 Å². The molecular formula is C21H19FN4O3. The number of halogens is 1. The number of aromatic nitrogens is 2. The summed E-state index contributed by atoms with van der Waals surface area (Å²) in [6, 6.07) is 16.0. The Kier molecular flexibility index (Phi) is 4.99. The van der Waals surface area contributed by atoms with Crippen LogP contribution in [-0.4, -0.2) is 28.4 Å². The number of amides is 2. The molecule has 3 aromatic rings. The molecule has 2 heterocycles. The van der Waals surface area contributed by atoms with Gasteiger partial charge in [-0.1, -0.05) is 36.4 Å². The molecule has 0 saturated carbocycles. The van der Waals surface area contributed by atoms with E-state index in [1.807, 2.05) is 30.3 Å². The number of esters is 1. The molecule has 1 atom stereocenters. The summed E-state index contributed by atoms with van der Waals surface area (Å²) in [7, 11) is 0. The number of rotatable bonds is 4. The second-order valence-corrected chi connectivity index (χ2v) is 6.53. The number of urea groups is 1. The molecule has 1 aliphatic heterocycles. The summed E-state index contributed by atoms with van der Waals surface area (Å²) in [6.45, 7) is 2.33. The Morgan fingerprint density at radius 3 is 2.69 bits per heavy atom. The Bertz CT molecular complexity index is 1050. The van der Waals surface area contributed by atoms with Gasteiger partial charge in [-0.3, -0.25) is 4.90 Å². The van der Waals surface area contributed by atoms with Crippen LogP contribution in [0.1, 0.15) is 29.0 Å². The highest BCUT2D eigenvalue weighted by molar-refractivity contribution is 6.03. The fourth-order valence-electron chi connectivity index (χ4n) is 3.37. The lowest BCUT2D eigenvalue weighted by Crippen LogP contribution is -2.36. The second kappa shape index (κ2) is 7.75. The van der Waals surface area contributed by atoms with Crippen LogP contribution in [0, 0.1) is 5.82 Å². The zero-order valence-corrected chi connectivity index (χ0v) is 15.7. The van der Waals surface area contributed by atoms with E-state index in [-0.39, 0.29) is 18.3 Å². The van der Waals surface area contributed by atoms with Crippen molar-refractivity contribution in [3.05, 3.63) is 77.7 Å². The standard InChI is InChI=1S/C21H19FN4O3/c1-2-29-20(27)17-12-19-25(24-17)13-18(14-7-4-3-5-8-14)26(19)21(28)23-16-10-6-9-15(22)11-16/h3-12,18H,2,13H2,1H3,(H,23,28). The van der Waals surface area contributed by atoms with Crippen molar-refractivity contribution in [3.8, 4) is 0 Å². The van der Waals surface area contributed by atoms with Crippen molar-refractivity contribution in [1.82, 2.24) is 9.78 Å². The summed E-state index contributed by atoms with van der Waals surface area (Å²) in [5, 5.41) is 7.02. The smallest absolute Gasteiger partial charge is 0.358 e. The summed E-state index contributed by atoms with van der Waals surface area (Å²) in [5.41, 5.74) is 1.40. The van der Waals surface area contributed by atoms with Crippen molar-refractivity contribution in [2.45, 2.75) is 19.5 Å². The van der Waals surface area contributed by atoms with Gasteiger partial charge in [0.15, 0.2) is 5.69 Å². The largest absolute Gasteiger partial charge is 0.461 e. The third-order valence-corrected chi connectivity index (χ3v) is 4.63. The predicted molar refractivity (Wildman–Crippen MR) is 105 cm³/mol. The number of carbonyl (C=O) groups is 2. The Hall–Kier alpha value is -3.68. The maximum Gasteiger partial charge on any atom is 0.358 e. The molecule has 0 radical (unpaired) electrons. The van der Waals surface area contributed by atoms with Gasteiger partial charge in [-0.25, -0.2) is 18.7 Å². The van der Waals surface area contributed by atoms with Crippen LogP contribution in [0.15, 0.2) is 60.7 Å². The Labute approximate surface area is 166 Å². The molecule has 1 aliphatic rings. The maximum atomic E-state index is 13.5. The predicted octanol–water partition coefficient (Wildman–Crippen LogP) is 3.99. The van der Waals surface area contributed by atoms with Crippen LogP contribution in [0.3, 0.4) is 0 Å². The number of nitrogens with one attached hydrogen (secondary N) is 1. The van der Waals surface area contributed by atoms with Gasteiger partial charge in [-0.2, -0.15) is 5.10 Å². The van der Waals surface area contributed by atoms with Crippen molar-refractivity contribution >= 4 is 23.5 Å². The lowest BCUT2D eigenvalue weighted by Gasteiger charge is -2.24. The first-order valence-electron chi connectivity index (χ1n) is 9.22. The Morgan fingerprint density at radius 1 is 1.17 bits per heavy atom. The number of benzene rings is 2. The molecule has 0 fully saturated rings. The van der Waals surface area contributed by atoms with Gasteiger partial charge < -0.3 is 10.1 Å². The molecule has 1 aromatic heterocycles. The number of carbonyl (C=O) groups excluding carboxylic acids is 2. The maximum absolute atomic E-state index is 13.5. The fourth-order valence-corrected chi connectivity index (χ4v) is 3.37. The van der Waals surface area contributed by atoms with Gasteiger partial charge in [0.1, 0.15) is 11.6 Å². The van der Waals surface area contributed by atoms with Gasteiger partial charge in [-0.05, 0) is 30.7 Å². The average Bonchev–Trinajstić information content (AvgIpc) is 3.27. The van der Waals surface area contributed by atoms with Gasteiger partial charge in [0.25, 0.3) is 0 Å². The van der Waals surface area contributed by atoms with Crippen LogP contribution < -0.4 is 10.2 Å². The van der Waals surface area contributed by atoms with E-state index >= 15 is 0 Å². The zero-order valence-electron chi connectivity index (χ0n) is 15.7. The van der Waals surface area contributed by atoms with E-state index in [9.17, 15) is 14.0 Å². The SMILES string of the molecule is CCOC(=O)c1cc2n(n1)CC(c1ccccc1)N2C(=O)Nc1cccc(F)c1. The highest BCUT2D eigenvalue weighted by atomic mass is 19.1. The molecule has 8 heteroatoms. The molecule has 1 unspecified atom stereocenters. The van der Waals surface area contributed by atoms with Gasteiger partial charge in [0, 0.05) is 11.8 Å². The topological polar surface area (TPSA) is 76.5 Å². The third kappa shape index (κ3) is 3.69. The summed E-state index contributed by atoms with van der Waals surface area (Å²) >= 11 is 0. The molecule has 0 saturated heterocycles. The van der Waals surface area contributed by atoms with E-state index in [4.69, 9.17) is 4.74 Å². The van der Waals surface area contributed by atoms with Crippen LogP contribution >= 0.6 is 0 Å². The molecule has 4 rings (SSSR count). The number of ether oxygens (including phenoxy) is 1. The molecule has 0 aliphatic carbocycles. The van der Waals surface area contributed by atoms with E-state index in [2.05, 4.69) is 10.4 Å². The van der Waals surface area contributed by atoms with Crippen molar-refractivity contribution in [2.75, 3.05) is 16.8 Å². The molecule has 2 aromatic carbocycles. The molecular weight excluding hydrogens is 375 g/mol. The first-order valence-corrected chi connectivity index (χ1v) is 9.22. The van der Waals surface area contributed by atoms with E-state index in [1.165, 1.54) is 29.2 Å². The van der Waals surface area contributed by atoms with Gasteiger partial charge in [0.05, 0.1) is 19.2 Å². The first-order chi connectivity index (χ1) is 14.1. The number of nitrogens with zero attached hydrogens (tertiary/aromatic N) is 3. The van der Waals surface area contributed by atoms with Crippen LogP contribution in [0.25, 0.3) is 0 Å². The molecule has 148 valence electrons. The normalized spacial score (nSPS) is 15.1. The summed E-state index contributed by atoms with van der Waals surface area (Å²) in [5.74, 6) is -0.523. The highest BCUT2D eigenvalue weighted by Gasteiger charge is 2.37. The van der Waals surface area contributed by atoms with E-state index < -0.39 is 17.8 Å². The van der Waals surface area contributed by atoms with Crippen LogP contribution in [-0.2, 0) is 11.3 Å². The van der Waals surface area contributed by atoms with Gasteiger partial charge in [0.2, 0.25) is 0 Å². The van der Waals surface area contributed by atoms with Gasteiger partial charge in [-0.15, -0.1) is 0 Å². The summed E-state index contributed by atoms with van der Waals surface area (Å²) in [4.78, 5) is 26.7. The van der Waals surface area contributed by atoms with Gasteiger partial charge >= 0.3 is 12.0 Å². The monoisotopic (exact) mass is 394 g/mol. The van der Waals surface area contributed by atoms with Crippen LogP contribution in [0.4, 0.5) is 20.7 Å². The molecule has 0 spiro atoms. The average molecular weight is 394 g/mol. The quantitative estimate of drug-likeness (QED) is 0.679. The number of anilines is 2. The van der Waals surface area contributed by atoms with Crippen molar-refractivity contribution in [2.24, 2.45) is 0 Å². The molecule has 2 amide bonds. The van der Waals surface area contributed by atoms with E-state index in [0.717, 1.165) is 5.56 Å². The minimum Gasteiger partial charge on any atom is -0.461 e. The van der Waals surface area contributed by atoms with Crippen LogP contribution in [0.2, 0.25) is 0 Å². The highest BCUT2D eigenvalue weighted by Crippen LogP contribution is 2.36. The molecule has 0 bridgehead atoms. The third-order valence-electron chi connectivity index (χ3n) is 4.63. The van der Waals surface area contributed by atoms with E-state index in [0.29, 0.717) is 18.1 Å². The molecule has 1 N–H and O–H groups in total. The zero-order chi connectivity index (χ0) is 20.4.